The zero-order valence-corrected chi connectivity index (χ0v) is 14.2. The average molecular weight is 255 g/mol. The fourth-order valence-electron chi connectivity index (χ4n) is 3.21. The van der Waals surface area contributed by atoms with Gasteiger partial charge in [-0.3, -0.25) is 0 Å². The molecule has 0 nitrogen and oxygen atoms in total. The topological polar surface area (TPSA) is 0 Å². The number of unbranched alkanes of at least 4 members (excludes halogenated alkanes) is 1. The van der Waals surface area contributed by atoms with Crippen LogP contribution in [0.1, 0.15) is 99.8 Å². The summed E-state index contributed by atoms with van der Waals surface area (Å²) < 4.78 is 0. The van der Waals surface area contributed by atoms with Crippen LogP contribution in [-0.4, -0.2) is 0 Å². The average Bonchev–Trinajstić information content (AvgIpc) is 2.33. The third-order valence-electron chi connectivity index (χ3n) is 5.72. The highest BCUT2D eigenvalue weighted by Gasteiger charge is 2.37. The number of hydrogen-bond acceptors (Lipinski definition) is 0. The first-order chi connectivity index (χ1) is 8.33. The second-order valence-electron chi connectivity index (χ2n) is 7.29. The van der Waals surface area contributed by atoms with E-state index in [1.54, 1.807) is 0 Å². The Labute approximate surface area is 117 Å². The van der Waals surface area contributed by atoms with E-state index < -0.39 is 0 Å². The zero-order valence-electron chi connectivity index (χ0n) is 14.2. The largest absolute Gasteiger partial charge is 0.0654 e. The Balaban J connectivity index is 4.04. The molecule has 0 bridgehead atoms. The fraction of sp³-hybridized carbons (Fsp3) is 1.00. The molecule has 0 aromatic carbocycles. The summed E-state index contributed by atoms with van der Waals surface area (Å²) in [5, 5.41) is 0. The third kappa shape index (κ3) is 5.33. The van der Waals surface area contributed by atoms with Crippen LogP contribution in [0.3, 0.4) is 0 Å². The van der Waals surface area contributed by atoms with Gasteiger partial charge >= 0.3 is 0 Å². The van der Waals surface area contributed by atoms with Crippen molar-refractivity contribution in [2.45, 2.75) is 99.8 Å². The molecule has 0 spiro atoms. The fourth-order valence-corrected chi connectivity index (χ4v) is 3.21. The molecule has 0 rings (SSSR count). The molecule has 0 saturated carbocycles. The van der Waals surface area contributed by atoms with Crippen molar-refractivity contribution in [2.75, 3.05) is 0 Å². The maximum Gasteiger partial charge on any atom is -0.0280 e. The number of rotatable bonds is 10. The molecule has 110 valence electrons. The molecule has 0 heterocycles. The standard InChI is InChI=1S/C18H38/c1-8-13-16(4)14-11-12-15-17(5,6)18(7,9-2)10-3/h16H,8-15H2,1-7H3. The molecule has 0 fully saturated rings. The SMILES string of the molecule is CCCC(C)CCCCC(C)(C)C(C)(CC)CC. The van der Waals surface area contributed by atoms with E-state index in [4.69, 9.17) is 0 Å². The van der Waals surface area contributed by atoms with Crippen LogP contribution in [0.2, 0.25) is 0 Å². The summed E-state index contributed by atoms with van der Waals surface area (Å²) in [5.74, 6) is 0.932. The van der Waals surface area contributed by atoms with Crippen molar-refractivity contribution >= 4 is 0 Å². The second kappa shape index (κ2) is 8.23. The van der Waals surface area contributed by atoms with Gasteiger partial charge in [0, 0.05) is 0 Å². The van der Waals surface area contributed by atoms with Crippen molar-refractivity contribution in [3.63, 3.8) is 0 Å². The highest BCUT2D eigenvalue weighted by atomic mass is 14.4. The highest BCUT2D eigenvalue weighted by molar-refractivity contribution is 4.87. The Kier molecular flexibility index (Phi) is 8.23. The minimum absolute atomic E-state index is 0.491. The molecule has 0 aromatic rings. The zero-order chi connectivity index (χ0) is 14.2. The molecule has 1 atom stereocenters. The molecule has 0 N–H and O–H groups in total. The van der Waals surface area contributed by atoms with Gasteiger partial charge < -0.3 is 0 Å². The van der Waals surface area contributed by atoms with Gasteiger partial charge in [-0.25, -0.2) is 0 Å². The van der Waals surface area contributed by atoms with Gasteiger partial charge in [-0.1, -0.05) is 93.4 Å². The van der Waals surface area contributed by atoms with Crippen molar-refractivity contribution in [2.24, 2.45) is 16.7 Å². The molecular formula is C18H38. The lowest BCUT2D eigenvalue weighted by Crippen LogP contribution is -2.34. The van der Waals surface area contributed by atoms with Crippen LogP contribution in [0.15, 0.2) is 0 Å². The Hall–Kier alpha value is 0. The van der Waals surface area contributed by atoms with Crippen LogP contribution in [0.4, 0.5) is 0 Å². The van der Waals surface area contributed by atoms with Crippen molar-refractivity contribution < 1.29 is 0 Å². The minimum Gasteiger partial charge on any atom is -0.0654 e. The Bertz CT molecular complexity index is 198. The molecule has 0 amide bonds. The van der Waals surface area contributed by atoms with Crippen LogP contribution in [0, 0.1) is 16.7 Å². The van der Waals surface area contributed by atoms with E-state index in [2.05, 4.69) is 48.5 Å². The van der Waals surface area contributed by atoms with Crippen LogP contribution < -0.4 is 0 Å². The quantitative estimate of drug-likeness (QED) is 0.374. The lowest BCUT2D eigenvalue weighted by atomic mass is 9.61. The Morgan fingerprint density at radius 3 is 1.83 bits per heavy atom. The molecule has 0 aliphatic rings. The van der Waals surface area contributed by atoms with Crippen molar-refractivity contribution in [3.8, 4) is 0 Å². The summed E-state index contributed by atoms with van der Waals surface area (Å²) in [6.07, 6.45) is 11.0. The van der Waals surface area contributed by atoms with E-state index in [0.29, 0.717) is 10.8 Å². The Morgan fingerprint density at radius 2 is 1.39 bits per heavy atom. The Morgan fingerprint density at radius 1 is 0.833 bits per heavy atom. The summed E-state index contributed by atoms with van der Waals surface area (Å²) in [6, 6.07) is 0. The van der Waals surface area contributed by atoms with Gasteiger partial charge in [-0.05, 0) is 23.2 Å². The maximum absolute atomic E-state index is 2.48. The van der Waals surface area contributed by atoms with E-state index in [-0.39, 0.29) is 0 Å². The molecule has 0 aliphatic heterocycles. The monoisotopic (exact) mass is 254 g/mol. The van der Waals surface area contributed by atoms with Gasteiger partial charge in [0.25, 0.3) is 0 Å². The van der Waals surface area contributed by atoms with Gasteiger partial charge in [0.2, 0.25) is 0 Å². The first kappa shape index (κ1) is 18.0. The molecule has 0 aliphatic carbocycles. The smallest absolute Gasteiger partial charge is 0.0280 e. The van der Waals surface area contributed by atoms with Gasteiger partial charge in [-0.2, -0.15) is 0 Å². The van der Waals surface area contributed by atoms with Crippen LogP contribution >= 0.6 is 0 Å². The van der Waals surface area contributed by atoms with Gasteiger partial charge in [-0.15, -0.1) is 0 Å². The van der Waals surface area contributed by atoms with Gasteiger partial charge in [0.05, 0.1) is 0 Å². The molecule has 0 radical (unpaired) electrons. The predicted octanol–water partition coefficient (Wildman–Crippen LogP) is 6.84. The maximum atomic E-state index is 2.48. The first-order valence-corrected chi connectivity index (χ1v) is 8.33. The van der Waals surface area contributed by atoms with Gasteiger partial charge in [0.1, 0.15) is 0 Å². The van der Waals surface area contributed by atoms with E-state index in [1.807, 2.05) is 0 Å². The molecular weight excluding hydrogens is 216 g/mol. The van der Waals surface area contributed by atoms with Crippen LogP contribution in [-0.2, 0) is 0 Å². The first-order valence-electron chi connectivity index (χ1n) is 8.33. The second-order valence-corrected chi connectivity index (χ2v) is 7.29. The van der Waals surface area contributed by atoms with E-state index >= 15 is 0 Å². The minimum atomic E-state index is 0.491. The predicted molar refractivity (Wildman–Crippen MR) is 85.0 cm³/mol. The van der Waals surface area contributed by atoms with Gasteiger partial charge in [0.15, 0.2) is 0 Å². The highest BCUT2D eigenvalue weighted by Crippen LogP contribution is 2.47. The summed E-state index contributed by atoms with van der Waals surface area (Å²) in [7, 11) is 0. The third-order valence-corrected chi connectivity index (χ3v) is 5.72. The lowest BCUT2D eigenvalue weighted by molar-refractivity contribution is 0.0651. The van der Waals surface area contributed by atoms with Crippen LogP contribution in [0.25, 0.3) is 0 Å². The molecule has 0 aromatic heterocycles. The van der Waals surface area contributed by atoms with Crippen molar-refractivity contribution in [1.29, 1.82) is 0 Å². The molecule has 0 saturated heterocycles. The summed E-state index contributed by atoms with van der Waals surface area (Å²) in [5.41, 5.74) is 1.01. The van der Waals surface area contributed by atoms with E-state index in [9.17, 15) is 0 Å². The van der Waals surface area contributed by atoms with Crippen molar-refractivity contribution in [3.05, 3.63) is 0 Å². The van der Waals surface area contributed by atoms with E-state index in [0.717, 1.165) is 5.92 Å². The van der Waals surface area contributed by atoms with Crippen LogP contribution in [0.5, 0.6) is 0 Å². The van der Waals surface area contributed by atoms with E-state index in [1.165, 1.54) is 51.4 Å². The molecule has 1 unspecified atom stereocenters. The molecule has 0 heteroatoms. The summed E-state index contributed by atoms with van der Waals surface area (Å²) >= 11 is 0. The lowest BCUT2D eigenvalue weighted by Gasteiger charge is -2.44. The summed E-state index contributed by atoms with van der Waals surface area (Å²) in [4.78, 5) is 0. The van der Waals surface area contributed by atoms with Crippen molar-refractivity contribution in [1.82, 2.24) is 0 Å². The number of hydrogen-bond donors (Lipinski definition) is 0. The summed E-state index contributed by atoms with van der Waals surface area (Å²) in [6.45, 7) is 16.9. The molecule has 18 heavy (non-hydrogen) atoms. The normalized spacial score (nSPS) is 14.8.